The van der Waals surface area contributed by atoms with Crippen LogP contribution in [0, 0.1) is 12.7 Å². The van der Waals surface area contributed by atoms with Crippen LogP contribution in [0.4, 0.5) is 10.1 Å². The van der Waals surface area contributed by atoms with Crippen LogP contribution in [0.25, 0.3) is 5.69 Å². The molecule has 42 heavy (non-hydrogen) atoms. The van der Waals surface area contributed by atoms with Crippen molar-refractivity contribution in [2.24, 2.45) is 0 Å². The van der Waals surface area contributed by atoms with E-state index in [4.69, 9.17) is 9.47 Å². The molecule has 11 nitrogen and oxygen atoms in total. The van der Waals surface area contributed by atoms with E-state index in [-0.39, 0.29) is 39.2 Å². The maximum absolute atomic E-state index is 13.6. The molecule has 0 aliphatic rings. The topological polar surface area (TPSA) is 149 Å². The number of anilines is 1. The number of ether oxygens (including phenoxy) is 2. The molecule has 1 aromatic heterocycles. The third kappa shape index (κ3) is 6.58. The van der Waals surface area contributed by atoms with Crippen LogP contribution < -0.4 is 19.5 Å². The van der Waals surface area contributed by atoms with E-state index >= 15 is 0 Å². The Balaban J connectivity index is 1.79. The van der Waals surface area contributed by atoms with Gasteiger partial charge in [0.2, 0.25) is 15.9 Å². The first-order valence-electron chi connectivity index (χ1n) is 12.8. The Labute approximate surface area is 241 Å². The van der Waals surface area contributed by atoms with Crippen LogP contribution >= 0.6 is 0 Å². The fraction of sp³-hybridized carbons (Fsp3) is 0.207. The number of amides is 1. The summed E-state index contributed by atoms with van der Waals surface area (Å²) in [7, 11) is -2.69. The zero-order valence-corrected chi connectivity index (χ0v) is 24.0. The van der Waals surface area contributed by atoms with E-state index in [9.17, 15) is 27.5 Å². The number of hydrogen-bond donors (Lipinski definition) is 3. The van der Waals surface area contributed by atoms with Gasteiger partial charge in [-0.2, -0.15) is 9.78 Å². The SMILES string of the molecule is CC[C@@H](C)NS(=O)(=O)c1cc(NC(=O)c2ccc(OC)cc2)ccc1Oc1c(C)c(C(=O)O)nn1-c1ccc(F)cc1. The number of aromatic carboxylic acids is 1. The summed E-state index contributed by atoms with van der Waals surface area (Å²) in [5, 5.41) is 16.5. The van der Waals surface area contributed by atoms with Gasteiger partial charge in [-0.15, -0.1) is 0 Å². The molecule has 0 unspecified atom stereocenters. The first-order chi connectivity index (χ1) is 19.9. The second-order valence-corrected chi connectivity index (χ2v) is 11.0. The summed E-state index contributed by atoms with van der Waals surface area (Å²) < 4.78 is 55.5. The molecule has 4 aromatic rings. The molecule has 0 fully saturated rings. The van der Waals surface area contributed by atoms with Gasteiger partial charge in [-0.25, -0.2) is 22.3 Å². The molecule has 1 heterocycles. The summed E-state index contributed by atoms with van der Waals surface area (Å²) in [5.74, 6) is -2.01. The number of aromatic nitrogens is 2. The monoisotopic (exact) mass is 596 g/mol. The van der Waals surface area contributed by atoms with Crippen molar-refractivity contribution in [3.05, 3.63) is 89.4 Å². The van der Waals surface area contributed by atoms with Gasteiger partial charge >= 0.3 is 5.97 Å². The number of carbonyl (C=O) groups is 2. The van der Waals surface area contributed by atoms with Gasteiger partial charge in [0.1, 0.15) is 22.2 Å². The molecule has 1 amide bonds. The van der Waals surface area contributed by atoms with Crippen LogP contribution in [0.2, 0.25) is 0 Å². The van der Waals surface area contributed by atoms with Gasteiger partial charge in [0, 0.05) is 22.9 Å². The van der Waals surface area contributed by atoms with Crippen molar-refractivity contribution in [1.29, 1.82) is 0 Å². The average molecular weight is 597 g/mol. The van der Waals surface area contributed by atoms with E-state index < -0.39 is 33.8 Å². The zero-order valence-electron chi connectivity index (χ0n) is 23.2. The van der Waals surface area contributed by atoms with Gasteiger partial charge in [-0.3, -0.25) is 4.79 Å². The van der Waals surface area contributed by atoms with Gasteiger partial charge in [-0.1, -0.05) is 6.92 Å². The fourth-order valence-electron chi connectivity index (χ4n) is 3.90. The minimum atomic E-state index is -4.20. The van der Waals surface area contributed by atoms with E-state index in [0.717, 1.165) is 4.68 Å². The number of hydrogen-bond acceptors (Lipinski definition) is 7. The van der Waals surface area contributed by atoms with Gasteiger partial charge < -0.3 is 19.9 Å². The molecule has 4 rings (SSSR count). The first kappa shape index (κ1) is 30.2. The third-order valence-electron chi connectivity index (χ3n) is 6.36. The smallest absolute Gasteiger partial charge is 0.356 e. The van der Waals surface area contributed by atoms with Crippen LogP contribution in [0.5, 0.6) is 17.4 Å². The van der Waals surface area contributed by atoms with Crippen molar-refractivity contribution in [3.8, 4) is 23.1 Å². The fourth-order valence-corrected chi connectivity index (χ4v) is 5.38. The van der Waals surface area contributed by atoms with Crippen LogP contribution in [-0.2, 0) is 10.0 Å². The van der Waals surface area contributed by atoms with Crippen molar-refractivity contribution in [2.75, 3.05) is 12.4 Å². The minimum absolute atomic E-state index is 0.0889. The predicted octanol–water partition coefficient (Wildman–Crippen LogP) is 5.15. The molecule has 3 aromatic carbocycles. The maximum atomic E-state index is 13.6. The van der Waals surface area contributed by atoms with Crippen LogP contribution in [0.3, 0.4) is 0 Å². The number of carbonyl (C=O) groups excluding carboxylic acids is 1. The Kier molecular flexibility index (Phi) is 8.93. The third-order valence-corrected chi connectivity index (χ3v) is 7.97. The lowest BCUT2D eigenvalue weighted by atomic mass is 10.2. The number of nitrogens with one attached hydrogen (secondary N) is 2. The number of rotatable bonds is 11. The molecule has 0 saturated heterocycles. The molecule has 13 heteroatoms. The maximum Gasteiger partial charge on any atom is 0.356 e. The number of sulfonamides is 1. The highest BCUT2D eigenvalue weighted by Gasteiger charge is 2.27. The highest BCUT2D eigenvalue weighted by Crippen LogP contribution is 2.35. The molecule has 0 radical (unpaired) electrons. The molecule has 0 aliphatic heterocycles. The number of nitrogens with zero attached hydrogens (tertiary/aromatic N) is 2. The molecule has 0 saturated carbocycles. The van der Waals surface area contributed by atoms with E-state index in [1.165, 1.54) is 56.5 Å². The summed E-state index contributed by atoms with van der Waals surface area (Å²) in [6.07, 6.45) is 0.502. The number of halogens is 1. The Bertz CT molecular complexity index is 1720. The molecule has 220 valence electrons. The van der Waals surface area contributed by atoms with Crippen LogP contribution in [0.15, 0.2) is 71.6 Å². The molecule has 1 atom stereocenters. The quantitative estimate of drug-likeness (QED) is 0.215. The molecule has 3 N–H and O–H groups in total. The average Bonchev–Trinajstić information content (AvgIpc) is 3.29. The predicted molar refractivity (Wildman–Crippen MR) is 153 cm³/mol. The summed E-state index contributed by atoms with van der Waals surface area (Å²) in [6, 6.07) is 15.1. The van der Waals surface area contributed by atoms with E-state index in [1.807, 2.05) is 6.92 Å². The van der Waals surface area contributed by atoms with E-state index in [2.05, 4.69) is 15.1 Å². The molecular weight excluding hydrogens is 567 g/mol. The lowest BCUT2D eigenvalue weighted by Gasteiger charge is -2.17. The standard InChI is InChI=1S/C29H29FN4O7S/c1-5-17(2)33-42(38,39)25-16-21(31-27(35)19-6-13-23(40-4)14-7-19)10-15-24(25)41-28-18(3)26(29(36)37)32-34(28)22-11-8-20(30)9-12-22/h6-17,33H,5H2,1-4H3,(H,31,35)(H,36,37)/t17-/m1/s1. The van der Waals surface area contributed by atoms with Crippen molar-refractivity contribution < 1.29 is 37.0 Å². The van der Waals surface area contributed by atoms with Gasteiger partial charge in [0.15, 0.2) is 5.69 Å². The lowest BCUT2D eigenvalue weighted by Crippen LogP contribution is -2.32. The van der Waals surface area contributed by atoms with Crippen molar-refractivity contribution >= 4 is 27.6 Å². The Hall–Kier alpha value is -4.75. The highest BCUT2D eigenvalue weighted by atomic mass is 32.2. The number of benzene rings is 3. The van der Waals surface area contributed by atoms with E-state index in [0.29, 0.717) is 17.7 Å². The second-order valence-electron chi connectivity index (χ2n) is 9.35. The lowest BCUT2D eigenvalue weighted by molar-refractivity contribution is 0.0689. The summed E-state index contributed by atoms with van der Waals surface area (Å²) >= 11 is 0. The number of carboxylic acids is 1. The Morgan fingerprint density at radius 3 is 2.33 bits per heavy atom. The number of methoxy groups -OCH3 is 1. The summed E-state index contributed by atoms with van der Waals surface area (Å²) in [5.41, 5.74) is 0.551. The largest absolute Gasteiger partial charge is 0.497 e. The van der Waals surface area contributed by atoms with Crippen LogP contribution in [0.1, 0.15) is 46.7 Å². The zero-order chi connectivity index (χ0) is 30.6. The summed E-state index contributed by atoms with van der Waals surface area (Å²) in [6.45, 7) is 4.97. The normalized spacial score (nSPS) is 12.0. The van der Waals surface area contributed by atoms with Gasteiger partial charge in [-0.05, 0) is 87.0 Å². The highest BCUT2D eigenvalue weighted by molar-refractivity contribution is 7.89. The van der Waals surface area contributed by atoms with Gasteiger partial charge in [0.25, 0.3) is 5.91 Å². The molecule has 0 aliphatic carbocycles. The van der Waals surface area contributed by atoms with Crippen LogP contribution in [-0.4, -0.2) is 48.3 Å². The molecule has 0 spiro atoms. The Morgan fingerprint density at radius 1 is 1.07 bits per heavy atom. The van der Waals surface area contributed by atoms with Crippen molar-refractivity contribution in [2.45, 2.75) is 38.1 Å². The van der Waals surface area contributed by atoms with Crippen molar-refractivity contribution in [1.82, 2.24) is 14.5 Å². The summed E-state index contributed by atoms with van der Waals surface area (Å²) in [4.78, 5) is 24.4. The van der Waals surface area contributed by atoms with Gasteiger partial charge in [0.05, 0.1) is 12.8 Å². The minimum Gasteiger partial charge on any atom is -0.497 e. The van der Waals surface area contributed by atoms with E-state index in [1.54, 1.807) is 31.2 Å². The molecular formula is C29H29FN4O7S. The Morgan fingerprint density at radius 2 is 1.74 bits per heavy atom. The molecule has 0 bridgehead atoms. The number of carboxylic acid groups (broad SMARTS) is 1. The van der Waals surface area contributed by atoms with Crippen molar-refractivity contribution in [3.63, 3.8) is 0 Å². The first-order valence-corrected chi connectivity index (χ1v) is 14.3. The second kappa shape index (κ2) is 12.4.